The van der Waals surface area contributed by atoms with Crippen LogP contribution < -0.4 is 5.32 Å². The Morgan fingerprint density at radius 1 is 1.56 bits per heavy atom. The molecule has 1 heterocycles. The fourth-order valence-electron chi connectivity index (χ4n) is 2.60. The third-order valence-corrected chi connectivity index (χ3v) is 4.93. The van der Waals surface area contributed by atoms with Gasteiger partial charge in [0.25, 0.3) is 0 Å². The number of nitrogens with one attached hydrogen (secondary N) is 1. The first kappa shape index (κ1) is 14.0. The molecule has 3 nitrogen and oxygen atoms in total. The summed E-state index contributed by atoms with van der Waals surface area (Å²) in [5, 5.41) is 13.9. The lowest BCUT2D eigenvalue weighted by Gasteiger charge is -2.26. The van der Waals surface area contributed by atoms with Gasteiger partial charge in [0, 0.05) is 23.6 Å². The lowest BCUT2D eigenvalue weighted by atomic mass is 9.97. The number of aryl methyl sites for hydroxylation is 2. The SMILES string of the molecule is CCc1nc2c(s1)C(NC(C)CCCO)CCC2. The van der Waals surface area contributed by atoms with Gasteiger partial charge in [-0.1, -0.05) is 6.92 Å². The van der Waals surface area contributed by atoms with Gasteiger partial charge in [-0.25, -0.2) is 4.98 Å². The van der Waals surface area contributed by atoms with Crippen LogP contribution in [0.5, 0.6) is 0 Å². The Morgan fingerprint density at radius 3 is 3.11 bits per heavy atom. The quantitative estimate of drug-likeness (QED) is 0.834. The fourth-order valence-corrected chi connectivity index (χ4v) is 3.75. The Morgan fingerprint density at radius 2 is 2.39 bits per heavy atom. The Labute approximate surface area is 114 Å². The van der Waals surface area contributed by atoms with E-state index in [2.05, 4.69) is 19.2 Å². The van der Waals surface area contributed by atoms with E-state index in [1.807, 2.05) is 11.3 Å². The molecule has 102 valence electrons. The van der Waals surface area contributed by atoms with E-state index in [9.17, 15) is 0 Å². The molecule has 2 N–H and O–H groups in total. The van der Waals surface area contributed by atoms with E-state index in [0.717, 1.165) is 25.7 Å². The minimum atomic E-state index is 0.294. The van der Waals surface area contributed by atoms with Crippen molar-refractivity contribution in [2.24, 2.45) is 0 Å². The van der Waals surface area contributed by atoms with Gasteiger partial charge in [0.05, 0.1) is 10.7 Å². The van der Waals surface area contributed by atoms with Gasteiger partial charge in [-0.15, -0.1) is 11.3 Å². The highest BCUT2D eigenvalue weighted by atomic mass is 32.1. The number of aromatic nitrogens is 1. The number of aliphatic hydroxyl groups excluding tert-OH is 1. The molecule has 18 heavy (non-hydrogen) atoms. The summed E-state index contributed by atoms with van der Waals surface area (Å²) in [4.78, 5) is 6.19. The van der Waals surface area contributed by atoms with Crippen LogP contribution in [-0.2, 0) is 12.8 Å². The average Bonchev–Trinajstić information content (AvgIpc) is 2.80. The summed E-state index contributed by atoms with van der Waals surface area (Å²) in [5.41, 5.74) is 1.33. The minimum Gasteiger partial charge on any atom is -0.396 e. The van der Waals surface area contributed by atoms with Gasteiger partial charge >= 0.3 is 0 Å². The molecule has 1 aromatic heterocycles. The van der Waals surface area contributed by atoms with Crippen molar-refractivity contribution in [2.75, 3.05) is 6.61 Å². The fraction of sp³-hybridized carbons (Fsp3) is 0.786. The number of hydrogen-bond acceptors (Lipinski definition) is 4. The van der Waals surface area contributed by atoms with E-state index in [1.165, 1.54) is 28.4 Å². The molecular formula is C14H24N2OS. The zero-order valence-electron chi connectivity index (χ0n) is 11.4. The first-order valence-electron chi connectivity index (χ1n) is 7.10. The molecule has 0 saturated heterocycles. The third kappa shape index (κ3) is 3.31. The van der Waals surface area contributed by atoms with Gasteiger partial charge in [-0.05, 0) is 45.4 Å². The number of thiazole rings is 1. The molecule has 0 bridgehead atoms. The second kappa shape index (κ2) is 6.64. The van der Waals surface area contributed by atoms with Crippen LogP contribution in [-0.4, -0.2) is 22.7 Å². The van der Waals surface area contributed by atoms with Crippen molar-refractivity contribution in [1.29, 1.82) is 0 Å². The molecule has 0 aliphatic heterocycles. The predicted molar refractivity (Wildman–Crippen MR) is 76.1 cm³/mol. The van der Waals surface area contributed by atoms with Crippen LogP contribution in [0.2, 0.25) is 0 Å². The van der Waals surface area contributed by atoms with Crippen molar-refractivity contribution in [3.8, 4) is 0 Å². The maximum Gasteiger partial charge on any atom is 0.0928 e. The Hall–Kier alpha value is -0.450. The Bertz CT molecular complexity index is 378. The van der Waals surface area contributed by atoms with Gasteiger partial charge in [0.1, 0.15) is 0 Å². The van der Waals surface area contributed by atoms with Crippen molar-refractivity contribution in [1.82, 2.24) is 10.3 Å². The third-order valence-electron chi connectivity index (χ3n) is 3.58. The standard InChI is InChI=1S/C14H24N2OS/c1-3-13-16-12-8-4-7-11(14(12)18-13)15-10(2)6-5-9-17/h10-11,15,17H,3-9H2,1-2H3. The molecule has 1 aliphatic carbocycles. The van der Waals surface area contributed by atoms with Crippen LogP contribution in [0.3, 0.4) is 0 Å². The van der Waals surface area contributed by atoms with E-state index in [0.29, 0.717) is 18.7 Å². The molecule has 0 fully saturated rings. The maximum absolute atomic E-state index is 8.88. The van der Waals surface area contributed by atoms with E-state index >= 15 is 0 Å². The van der Waals surface area contributed by atoms with Crippen molar-refractivity contribution in [3.63, 3.8) is 0 Å². The highest BCUT2D eigenvalue weighted by Crippen LogP contribution is 2.34. The molecule has 0 amide bonds. The number of hydrogen-bond donors (Lipinski definition) is 2. The summed E-state index contributed by atoms with van der Waals surface area (Å²) in [5.74, 6) is 0. The summed E-state index contributed by atoms with van der Waals surface area (Å²) in [6.45, 7) is 4.69. The van der Waals surface area contributed by atoms with Crippen molar-refractivity contribution in [3.05, 3.63) is 15.6 Å². The van der Waals surface area contributed by atoms with Crippen molar-refractivity contribution in [2.45, 2.75) is 64.5 Å². The zero-order chi connectivity index (χ0) is 13.0. The summed E-state index contributed by atoms with van der Waals surface area (Å²) in [6.07, 6.45) is 6.59. The summed E-state index contributed by atoms with van der Waals surface area (Å²) in [6, 6.07) is 0.959. The van der Waals surface area contributed by atoms with Gasteiger partial charge < -0.3 is 10.4 Å². The van der Waals surface area contributed by atoms with Crippen LogP contribution in [0.4, 0.5) is 0 Å². The summed E-state index contributed by atoms with van der Waals surface area (Å²) >= 11 is 1.89. The highest BCUT2D eigenvalue weighted by Gasteiger charge is 2.25. The Kier molecular flexibility index (Phi) is 5.15. The average molecular weight is 268 g/mol. The molecule has 4 heteroatoms. The highest BCUT2D eigenvalue weighted by molar-refractivity contribution is 7.11. The lowest BCUT2D eigenvalue weighted by molar-refractivity contribution is 0.272. The number of fused-ring (bicyclic) bond motifs is 1. The molecule has 0 aromatic carbocycles. The van der Waals surface area contributed by atoms with Crippen LogP contribution in [0.25, 0.3) is 0 Å². The topological polar surface area (TPSA) is 45.2 Å². The first-order valence-corrected chi connectivity index (χ1v) is 7.91. The number of nitrogens with zero attached hydrogens (tertiary/aromatic N) is 1. The van der Waals surface area contributed by atoms with Gasteiger partial charge in [-0.3, -0.25) is 0 Å². The largest absolute Gasteiger partial charge is 0.396 e. The zero-order valence-corrected chi connectivity index (χ0v) is 12.2. The van der Waals surface area contributed by atoms with Gasteiger partial charge in [-0.2, -0.15) is 0 Å². The van der Waals surface area contributed by atoms with Crippen LogP contribution in [0.1, 0.15) is 61.2 Å². The van der Waals surface area contributed by atoms with E-state index in [1.54, 1.807) is 0 Å². The smallest absolute Gasteiger partial charge is 0.0928 e. The molecule has 2 unspecified atom stereocenters. The number of aliphatic hydroxyl groups is 1. The lowest BCUT2D eigenvalue weighted by Crippen LogP contribution is -2.32. The molecule has 0 radical (unpaired) electrons. The normalized spacial score (nSPS) is 20.7. The minimum absolute atomic E-state index is 0.294. The first-order chi connectivity index (χ1) is 8.74. The molecule has 2 rings (SSSR count). The predicted octanol–water partition coefficient (Wildman–Crippen LogP) is 2.83. The van der Waals surface area contributed by atoms with E-state index < -0.39 is 0 Å². The second-order valence-electron chi connectivity index (χ2n) is 5.15. The molecule has 2 atom stereocenters. The second-order valence-corrected chi connectivity index (χ2v) is 6.27. The van der Waals surface area contributed by atoms with Crippen molar-refractivity contribution < 1.29 is 5.11 Å². The molecule has 1 aliphatic rings. The van der Waals surface area contributed by atoms with Crippen LogP contribution >= 0.6 is 11.3 Å². The van der Waals surface area contributed by atoms with Crippen LogP contribution in [0, 0.1) is 0 Å². The molecule has 1 aromatic rings. The van der Waals surface area contributed by atoms with Gasteiger partial charge in [0.2, 0.25) is 0 Å². The Balaban J connectivity index is 2.00. The molecule has 0 spiro atoms. The van der Waals surface area contributed by atoms with Crippen molar-refractivity contribution >= 4 is 11.3 Å². The van der Waals surface area contributed by atoms with Crippen LogP contribution in [0.15, 0.2) is 0 Å². The van der Waals surface area contributed by atoms with E-state index in [-0.39, 0.29) is 0 Å². The molecule has 0 saturated carbocycles. The summed E-state index contributed by atoms with van der Waals surface area (Å²) < 4.78 is 0. The van der Waals surface area contributed by atoms with Gasteiger partial charge in [0.15, 0.2) is 0 Å². The maximum atomic E-state index is 8.88. The molecular weight excluding hydrogens is 244 g/mol. The number of rotatable bonds is 6. The monoisotopic (exact) mass is 268 g/mol. The summed E-state index contributed by atoms with van der Waals surface area (Å²) in [7, 11) is 0. The van der Waals surface area contributed by atoms with E-state index in [4.69, 9.17) is 10.1 Å².